The normalized spacial score (nSPS) is 11.6. The average Bonchev–Trinajstić information content (AvgIpc) is 2.54. The Labute approximate surface area is 128 Å². The van der Waals surface area contributed by atoms with Crippen LogP contribution in [0.4, 0.5) is 4.39 Å². The molecule has 4 nitrogen and oxygen atoms in total. The number of hydrogen-bond donors (Lipinski definition) is 1. The number of nitrogens with one attached hydrogen (secondary N) is 1. The second-order valence-corrected chi connectivity index (χ2v) is 4.72. The number of amides is 1. The van der Waals surface area contributed by atoms with Crippen LogP contribution in [0.1, 0.15) is 12.5 Å². The molecule has 5 heteroatoms. The highest BCUT2D eigenvalue weighted by Gasteiger charge is 2.16. The van der Waals surface area contributed by atoms with E-state index in [1.54, 1.807) is 26.2 Å². The molecule has 1 N–H and O–H groups in total. The maximum atomic E-state index is 13.5. The van der Waals surface area contributed by atoms with Crippen LogP contribution in [0.15, 0.2) is 48.5 Å². The van der Waals surface area contributed by atoms with Gasteiger partial charge >= 0.3 is 0 Å². The van der Waals surface area contributed by atoms with Crippen LogP contribution in [0.25, 0.3) is 0 Å². The molecule has 116 valence electrons. The summed E-state index contributed by atoms with van der Waals surface area (Å²) in [5.74, 6) is -0.0612. The molecule has 1 atom stereocenters. The van der Waals surface area contributed by atoms with Crippen LogP contribution < -0.4 is 14.8 Å². The van der Waals surface area contributed by atoms with Crippen LogP contribution >= 0.6 is 0 Å². The molecular formula is C17H18FNO3. The molecule has 2 aromatic rings. The molecule has 0 aromatic heterocycles. The third-order valence-electron chi connectivity index (χ3n) is 3.16. The summed E-state index contributed by atoms with van der Waals surface area (Å²) >= 11 is 0. The lowest BCUT2D eigenvalue weighted by Crippen LogP contribution is -2.36. The predicted molar refractivity (Wildman–Crippen MR) is 81.3 cm³/mol. The van der Waals surface area contributed by atoms with Gasteiger partial charge in [0.1, 0.15) is 5.75 Å². The minimum absolute atomic E-state index is 0.0578. The minimum atomic E-state index is -0.799. The van der Waals surface area contributed by atoms with Crippen molar-refractivity contribution in [1.82, 2.24) is 5.32 Å². The van der Waals surface area contributed by atoms with Gasteiger partial charge in [-0.15, -0.1) is 0 Å². The molecule has 2 rings (SSSR count). The Morgan fingerprint density at radius 3 is 2.45 bits per heavy atom. The van der Waals surface area contributed by atoms with Gasteiger partial charge in [0.05, 0.1) is 7.11 Å². The number of para-hydroxylation sites is 2. The zero-order valence-electron chi connectivity index (χ0n) is 12.5. The second kappa shape index (κ2) is 7.45. The van der Waals surface area contributed by atoms with Crippen LogP contribution in [0.2, 0.25) is 0 Å². The molecule has 2 aromatic carbocycles. The minimum Gasteiger partial charge on any atom is -0.496 e. The quantitative estimate of drug-likeness (QED) is 0.892. The molecule has 0 fully saturated rings. The van der Waals surface area contributed by atoms with Gasteiger partial charge < -0.3 is 14.8 Å². The molecule has 0 aliphatic heterocycles. The molecule has 0 aliphatic carbocycles. The van der Waals surface area contributed by atoms with Crippen molar-refractivity contribution >= 4 is 5.91 Å². The lowest BCUT2D eigenvalue weighted by atomic mass is 10.2. The third-order valence-corrected chi connectivity index (χ3v) is 3.16. The van der Waals surface area contributed by atoms with E-state index < -0.39 is 11.9 Å². The van der Waals surface area contributed by atoms with E-state index in [0.717, 1.165) is 5.56 Å². The molecule has 22 heavy (non-hydrogen) atoms. The molecule has 0 spiro atoms. The van der Waals surface area contributed by atoms with Crippen molar-refractivity contribution in [3.05, 3.63) is 59.9 Å². The fourth-order valence-corrected chi connectivity index (χ4v) is 1.96. The first-order valence-corrected chi connectivity index (χ1v) is 6.92. The van der Waals surface area contributed by atoms with Crippen LogP contribution in [0, 0.1) is 5.82 Å². The van der Waals surface area contributed by atoms with E-state index in [1.807, 2.05) is 24.3 Å². The number of methoxy groups -OCH3 is 1. The zero-order chi connectivity index (χ0) is 15.9. The second-order valence-electron chi connectivity index (χ2n) is 4.72. The van der Waals surface area contributed by atoms with E-state index in [9.17, 15) is 9.18 Å². The van der Waals surface area contributed by atoms with Crippen LogP contribution in [-0.4, -0.2) is 19.1 Å². The lowest BCUT2D eigenvalue weighted by molar-refractivity contribution is -0.127. The van der Waals surface area contributed by atoms with Gasteiger partial charge in [-0.2, -0.15) is 0 Å². The first kappa shape index (κ1) is 15.8. The number of ether oxygens (including phenoxy) is 2. The van der Waals surface area contributed by atoms with Crippen LogP contribution in [-0.2, 0) is 11.3 Å². The number of carbonyl (C=O) groups excluding carboxylic acids is 1. The SMILES string of the molecule is COc1ccccc1CNC(=O)C(C)Oc1ccccc1F. The topological polar surface area (TPSA) is 47.6 Å². The summed E-state index contributed by atoms with van der Waals surface area (Å²) in [6.07, 6.45) is -0.799. The van der Waals surface area contributed by atoms with Crippen molar-refractivity contribution in [3.8, 4) is 11.5 Å². The van der Waals surface area contributed by atoms with Crippen LogP contribution in [0.3, 0.4) is 0 Å². The average molecular weight is 303 g/mol. The first-order valence-electron chi connectivity index (χ1n) is 6.92. The van der Waals surface area contributed by atoms with Crippen LogP contribution in [0.5, 0.6) is 11.5 Å². The molecule has 0 heterocycles. The third kappa shape index (κ3) is 3.97. The van der Waals surface area contributed by atoms with Crippen molar-refractivity contribution < 1.29 is 18.7 Å². The number of rotatable bonds is 6. The maximum Gasteiger partial charge on any atom is 0.261 e. The molecular weight excluding hydrogens is 285 g/mol. The summed E-state index contributed by atoms with van der Waals surface area (Å²) < 4.78 is 24.0. The zero-order valence-corrected chi connectivity index (χ0v) is 12.5. The van der Waals surface area contributed by atoms with Gasteiger partial charge in [0, 0.05) is 12.1 Å². The van der Waals surface area contributed by atoms with E-state index in [-0.39, 0.29) is 11.7 Å². The number of benzene rings is 2. The van der Waals surface area contributed by atoms with Crippen molar-refractivity contribution in [1.29, 1.82) is 0 Å². The highest BCUT2D eigenvalue weighted by atomic mass is 19.1. The Balaban J connectivity index is 1.93. The lowest BCUT2D eigenvalue weighted by Gasteiger charge is -2.16. The van der Waals surface area contributed by atoms with Crippen molar-refractivity contribution in [2.24, 2.45) is 0 Å². The highest BCUT2D eigenvalue weighted by molar-refractivity contribution is 5.80. The molecule has 0 saturated carbocycles. The molecule has 1 unspecified atom stereocenters. The van der Waals surface area contributed by atoms with E-state index in [2.05, 4.69) is 5.32 Å². The summed E-state index contributed by atoms with van der Waals surface area (Å²) in [7, 11) is 1.57. The van der Waals surface area contributed by atoms with Crippen molar-refractivity contribution in [3.63, 3.8) is 0 Å². The predicted octanol–water partition coefficient (Wildman–Crippen LogP) is 2.92. The fourth-order valence-electron chi connectivity index (χ4n) is 1.96. The van der Waals surface area contributed by atoms with E-state index >= 15 is 0 Å². The summed E-state index contributed by atoms with van der Waals surface area (Å²) in [4.78, 5) is 12.0. The number of carbonyl (C=O) groups is 1. The van der Waals surface area contributed by atoms with E-state index in [0.29, 0.717) is 12.3 Å². The maximum absolute atomic E-state index is 13.5. The summed E-state index contributed by atoms with van der Waals surface area (Å²) in [6, 6.07) is 13.4. The van der Waals surface area contributed by atoms with Gasteiger partial charge in [-0.1, -0.05) is 30.3 Å². The Bertz CT molecular complexity index is 645. The summed E-state index contributed by atoms with van der Waals surface area (Å²) in [6.45, 7) is 1.89. The summed E-state index contributed by atoms with van der Waals surface area (Å²) in [5, 5.41) is 2.75. The van der Waals surface area contributed by atoms with Crippen molar-refractivity contribution in [2.75, 3.05) is 7.11 Å². The monoisotopic (exact) mass is 303 g/mol. The van der Waals surface area contributed by atoms with Gasteiger partial charge in [0.15, 0.2) is 17.7 Å². The van der Waals surface area contributed by atoms with Gasteiger partial charge in [-0.25, -0.2) is 4.39 Å². The fraction of sp³-hybridized carbons (Fsp3) is 0.235. The Hall–Kier alpha value is -2.56. The summed E-state index contributed by atoms with van der Waals surface area (Å²) in [5.41, 5.74) is 0.858. The van der Waals surface area contributed by atoms with Gasteiger partial charge in [0.2, 0.25) is 0 Å². The van der Waals surface area contributed by atoms with E-state index in [4.69, 9.17) is 9.47 Å². The smallest absolute Gasteiger partial charge is 0.261 e. The highest BCUT2D eigenvalue weighted by Crippen LogP contribution is 2.18. The van der Waals surface area contributed by atoms with E-state index in [1.165, 1.54) is 12.1 Å². The number of hydrogen-bond acceptors (Lipinski definition) is 3. The Kier molecular flexibility index (Phi) is 5.36. The Morgan fingerprint density at radius 1 is 1.14 bits per heavy atom. The molecule has 0 bridgehead atoms. The largest absolute Gasteiger partial charge is 0.496 e. The molecule has 0 radical (unpaired) electrons. The number of halogens is 1. The standard InChI is InChI=1S/C17H18FNO3/c1-12(22-16-10-6-4-8-14(16)18)17(20)19-11-13-7-3-5-9-15(13)21-2/h3-10,12H,11H2,1-2H3,(H,19,20). The molecule has 0 aliphatic rings. The molecule has 1 amide bonds. The van der Waals surface area contributed by atoms with Gasteiger partial charge in [-0.05, 0) is 25.1 Å². The first-order chi connectivity index (χ1) is 10.6. The van der Waals surface area contributed by atoms with Gasteiger partial charge in [-0.3, -0.25) is 4.79 Å². The van der Waals surface area contributed by atoms with Gasteiger partial charge in [0.25, 0.3) is 5.91 Å². The Morgan fingerprint density at radius 2 is 1.77 bits per heavy atom. The van der Waals surface area contributed by atoms with Crippen molar-refractivity contribution in [2.45, 2.75) is 19.6 Å². The molecule has 0 saturated heterocycles.